The van der Waals surface area contributed by atoms with E-state index in [0.717, 1.165) is 12.5 Å². The van der Waals surface area contributed by atoms with Crippen molar-refractivity contribution in [2.24, 2.45) is 7.05 Å². The Morgan fingerprint density at radius 3 is 2.70 bits per heavy atom. The Kier molecular flexibility index (Phi) is 2.00. The predicted molar refractivity (Wildman–Crippen MR) is 41.3 cm³/mol. The van der Waals surface area contributed by atoms with Crippen molar-refractivity contribution >= 4 is 0 Å². The molecule has 56 valence electrons. The van der Waals surface area contributed by atoms with Crippen LogP contribution >= 0.6 is 0 Å². The van der Waals surface area contributed by atoms with Crippen LogP contribution in [0.3, 0.4) is 0 Å². The summed E-state index contributed by atoms with van der Waals surface area (Å²) in [6, 6.07) is 2.05. The first-order valence-electron chi connectivity index (χ1n) is 3.50. The first-order valence-corrected chi connectivity index (χ1v) is 3.50. The van der Waals surface area contributed by atoms with Gasteiger partial charge in [-0.25, -0.2) is 0 Å². The van der Waals surface area contributed by atoms with E-state index >= 15 is 0 Å². The van der Waals surface area contributed by atoms with Crippen molar-refractivity contribution < 1.29 is 4.74 Å². The SMILES string of the molecule is CCOc1c(C)ccn1C. The van der Waals surface area contributed by atoms with E-state index in [2.05, 4.69) is 0 Å². The van der Waals surface area contributed by atoms with Crippen molar-refractivity contribution in [3.05, 3.63) is 17.8 Å². The molecule has 0 atom stereocenters. The van der Waals surface area contributed by atoms with E-state index in [9.17, 15) is 0 Å². The number of hydrogen-bond acceptors (Lipinski definition) is 1. The third-order valence-electron chi connectivity index (χ3n) is 1.49. The van der Waals surface area contributed by atoms with Crippen LogP contribution in [0.25, 0.3) is 0 Å². The Labute approximate surface area is 61.4 Å². The van der Waals surface area contributed by atoms with Gasteiger partial charge < -0.3 is 9.30 Å². The van der Waals surface area contributed by atoms with Gasteiger partial charge in [-0.1, -0.05) is 0 Å². The minimum absolute atomic E-state index is 0.735. The zero-order valence-corrected chi connectivity index (χ0v) is 6.72. The Balaban J connectivity index is 2.87. The van der Waals surface area contributed by atoms with Crippen molar-refractivity contribution in [1.82, 2.24) is 4.57 Å². The van der Waals surface area contributed by atoms with Gasteiger partial charge in [-0.3, -0.25) is 0 Å². The first-order chi connectivity index (χ1) is 4.75. The molecule has 0 aliphatic carbocycles. The van der Waals surface area contributed by atoms with E-state index in [-0.39, 0.29) is 0 Å². The van der Waals surface area contributed by atoms with Crippen LogP contribution < -0.4 is 4.74 Å². The lowest BCUT2D eigenvalue weighted by atomic mass is 10.4. The van der Waals surface area contributed by atoms with Gasteiger partial charge in [0.15, 0.2) is 5.88 Å². The average molecular weight is 139 g/mol. The van der Waals surface area contributed by atoms with E-state index in [4.69, 9.17) is 4.74 Å². The summed E-state index contributed by atoms with van der Waals surface area (Å²) in [6.07, 6.45) is 2.00. The lowest BCUT2D eigenvalue weighted by Gasteiger charge is -2.04. The number of aryl methyl sites for hydroxylation is 2. The monoisotopic (exact) mass is 139 g/mol. The average Bonchev–Trinajstić information content (AvgIpc) is 2.20. The molecule has 0 radical (unpaired) electrons. The summed E-state index contributed by atoms with van der Waals surface area (Å²) < 4.78 is 7.36. The number of rotatable bonds is 2. The van der Waals surface area contributed by atoms with Crippen LogP contribution in [0.4, 0.5) is 0 Å². The van der Waals surface area contributed by atoms with E-state index in [0.29, 0.717) is 0 Å². The highest BCUT2D eigenvalue weighted by molar-refractivity contribution is 5.26. The molecule has 0 saturated heterocycles. The zero-order valence-electron chi connectivity index (χ0n) is 6.72. The molecule has 0 amide bonds. The van der Waals surface area contributed by atoms with Crippen LogP contribution in [0.1, 0.15) is 12.5 Å². The fraction of sp³-hybridized carbons (Fsp3) is 0.500. The molecule has 1 heterocycles. The van der Waals surface area contributed by atoms with Gasteiger partial charge in [-0.15, -0.1) is 0 Å². The van der Waals surface area contributed by atoms with Gasteiger partial charge in [-0.2, -0.15) is 0 Å². The lowest BCUT2D eigenvalue weighted by molar-refractivity contribution is 0.313. The molecule has 1 rings (SSSR count). The van der Waals surface area contributed by atoms with E-state index in [1.54, 1.807) is 0 Å². The number of hydrogen-bond donors (Lipinski definition) is 0. The minimum Gasteiger partial charge on any atom is -0.479 e. The van der Waals surface area contributed by atoms with Crippen LogP contribution in [-0.4, -0.2) is 11.2 Å². The van der Waals surface area contributed by atoms with Crippen molar-refractivity contribution in [3.8, 4) is 5.88 Å². The Hall–Kier alpha value is -0.920. The normalized spacial score (nSPS) is 9.90. The quantitative estimate of drug-likeness (QED) is 0.608. The third kappa shape index (κ3) is 1.15. The summed E-state index contributed by atoms with van der Waals surface area (Å²) in [5, 5.41) is 0. The number of aromatic nitrogens is 1. The van der Waals surface area contributed by atoms with Crippen molar-refractivity contribution in [2.45, 2.75) is 13.8 Å². The van der Waals surface area contributed by atoms with Crippen molar-refractivity contribution in [1.29, 1.82) is 0 Å². The van der Waals surface area contributed by atoms with Gasteiger partial charge in [0.25, 0.3) is 0 Å². The van der Waals surface area contributed by atoms with Gasteiger partial charge in [0.2, 0.25) is 0 Å². The fourth-order valence-corrected chi connectivity index (χ4v) is 0.993. The van der Waals surface area contributed by atoms with E-state index in [1.807, 2.05) is 37.7 Å². The van der Waals surface area contributed by atoms with Crippen LogP contribution in [0.15, 0.2) is 12.3 Å². The molecule has 10 heavy (non-hydrogen) atoms. The molecule has 0 unspecified atom stereocenters. The van der Waals surface area contributed by atoms with Gasteiger partial charge in [0.1, 0.15) is 0 Å². The number of nitrogens with zero attached hydrogens (tertiary/aromatic N) is 1. The molecule has 0 aliphatic rings. The maximum absolute atomic E-state index is 5.37. The van der Waals surface area contributed by atoms with Crippen LogP contribution in [0.2, 0.25) is 0 Å². The Morgan fingerprint density at radius 2 is 2.30 bits per heavy atom. The molecule has 0 bridgehead atoms. The van der Waals surface area contributed by atoms with Gasteiger partial charge in [-0.05, 0) is 19.9 Å². The molecule has 0 N–H and O–H groups in total. The molecular weight excluding hydrogens is 126 g/mol. The summed E-state index contributed by atoms with van der Waals surface area (Å²) in [5.41, 5.74) is 1.20. The highest BCUT2D eigenvalue weighted by atomic mass is 16.5. The Bertz CT molecular complexity index is 196. The highest BCUT2D eigenvalue weighted by Gasteiger charge is 2.00. The largest absolute Gasteiger partial charge is 0.479 e. The van der Waals surface area contributed by atoms with Crippen molar-refractivity contribution in [3.63, 3.8) is 0 Å². The maximum Gasteiger partial charge on any atom is 0.196 e. The molecule has 0 saturated carbocycles. The van der Waals surface area contributed by atoms with Crippen LogP contribution in [-0.2, 0) is 7.05 Å². The summed E-state index contributed by atoms with van der Waals surface area (Å²) in [7, 11) is 1.98. The summed E-state index contributed by atoms with van der Waals surface area (Å²) in [5.74, 6) is 0.975. The predicted octanol–water partition coefficient (Wildman–Crippen LogP) is 1.73. The van der Waals surface area contributed by atoms with Gasteiger partial charge in [0.05, 0.1) is 6.61 Å². The van der Waals surface area contributed by atoms with Gasteiger partial charge in [0, 0.05) is 18.8 Å². The van der Waals surface area contributed by atoms with E-state index in [1.165, 1.54) is 5.56 Å². The van der Waals surface area contributed by atoms with Crippen molar-refractivity contribution in [2.75, 3.05) is 6.61 Å². The molecule has 1 aromatic heterocycles. The molecule has 2 heteroatoms. The van der Waals surface area contributed by atoms with Gasteiger partial charge >= 0.3 is 0 Å². The minimum atomic E-state index is 0.735. The molecule has 0 spiro atoms. The number of ether oxygens (including phenoxy) is 1. The fourth-order valence-electron chi connectivity index (χ4n) is 0.993. The second kappa shape index (κ2) is 2.78. The van der Waals surface area contributed by atoms with Crippen LogP contribution in [0, 0.1) is 6.92 Å². The molecule has 0 aliphatic heterocycles. The Morgan fingerprint density at radius 1 is 1.60 bits per heavy atom. The molecule has 0 fully saturated rings. The maximum atomic E-state index is 5.37. The third-order valence-corrected chi connectivity index (χ3v) is 1.49. The lowest BCUT2D eigenvalue weighted by Crippen LogP contribution is -1.98. The topological polar surface area (TPSA) is 14.2 Å². The smallest absolute Gasteiger partial charge is 0.196 e. The highest BCUT2D eigenvalue weighted by Crippen LogP contribution is 2.16. The zero-order chi connectivity index (χ0) is 7.56. The molecular formula is C8H13NO. The standard InChI is InChI=1S/C8H13NO/c1-4-10-8-7(2)5-6-9(8)3/h5-6H,4H2,1-3H3. The summed E-state index contributed by atoms with van der Waals surface area (Å²) >= 11 is 0. The van der Waals surface area contributed by atoms with E-state index < -0.39 is 0 Å². The first kappa shape index (κ1) is 7.19. The molecule has 1 aromatic rings. The summed E-state index contributed by atoms with van der Waals surface area (Å²) in [6.45, 7) is 4.77. The summed E-state index contributed by atoms with van der Waals surface area (Å²) in [4.78, 5) is 0. The van der Waals surface area contributed by atoms with Crippen LogP contribution in [0.5, 0.6) is 5.88 Å². The molecule has 0 aromatic carbocycles. The molecule has 2 nitrogen and oxygen atoms in total. The second-order valence-electron chi connectivity index (χ2n) is 2.35. The second-order valence-corrected chi connectivity index (χ2v) is 2.35.